The highest BCUT2D eigenvalue weighted by Crippen LogP contribution is 2.29. The van der Waals surface area contributed by atoms with Crippen LogP contribution >= 0.6 is 0 Å². The van der Waals surface area contributed by atoms with Crippen LogP contribution in [-0.4, -0.2) is 39.3 Å². The minimum Gasteiger partial charge on any atom is -0.493 e. The van der Waals surface area contributed by atoms with Crippen LogP contribution in [-0.2, 0) is 0 Å². The number of methoxy groups -OCH3 is 1. The Bertz CT molecular complexity index is 539. The van der Waals surface area contributed by atoms with Crippen molar-refractivity contribution in [1.29, 1.82) is 0 Å². The summed E-state index contributed by atoms with van der Waals surface area (Å²) in [6, 6.07) is 5.36. The topological polar surface area (TPSA) is 59.6 Å². The largest absolute Gasteiger partial charge is 0.493 e. The third-order valence-corrected chi connectivity index (χ3v) is 4.67. The van der Waals surface area contributed by atoms with Crippen molar-refractivity contribution in [3.63, 3.8) is 0 Å². The van der Waals surface area contributed by atoms with Gasteiger partial charge in [-0.2, -0.15) is 0 Å². The van der Waals surface area contributed by atoms with Gasteiger partial charge in [-0.05, 0) is 56.0 Å². The molecule has 0 radical (unpaired) electrons. The van der Waals surface area contributed by atoms with Gasteiger partial charge in [-0.15, -0.1) is 0 Å². The highest BCUT2D eigenvalue weighted by atomic mass is 16.5. The smallest absolute Gasteiger partial charge is 0.251 e. The lowest BCUT2D eigenvalue weighted by Crippen LogP contribution is -2.42. The van der Waals surface area contributed by atoms with Crippen molar-refractivity contribution in [3.05, 3.63) is 23.8 Å². The van der Waals surface area contributed by atoms with E-state index in [1.54, 1.807) is 19.2 Å². The average molecular weight is 334 g/mol. The maximum atomic E-state index is 12.4. The molecule has 0 spiro atoms. The Morgan fingerprint density at radius 3 is 2.71 bits per heavy atom. The van der Waals surface area contributed by atoms with Gasteiger partial charge >= 0.3 is 0 Å². The maximum absolute atomic E-state index is 12.4. The molecule has 0 aromatic heterocycles. The highest BCUT2D eigenvalue weighted by Gasteiger charge is 2.27. The summed E-state index contributed by atoms with van der Waals surface area (Å²) < 4.78 is 11.1. The molecule has 134 valence electrons. The van der Waals surface area contributed by atoms with E-state index in [0.29, 0.717) is 30.2 Å². The van der Waals surface area contributed by atoms with Gasteiger partial charge in [-0.25, -0.2) is 0 Å². The lowest BCUT2D eigenvalue weighted by Gasteiger charge is -2.34. The SMILES string of the molecule is CCCCOc1ccc(C(=O)NCC2(C)CCNCC2)cc1OC. The van der Waals surface area contributed by atoms with Crippen LogP contribution in [0, 0.1) is 5.41 Å². The maximum Gasteiger partial charge on any atom is 0.251 e. The van der Waals surface area contributed by atoms with Crippen molar-refractivity contribution in [3.8, 4) is 11.5 Å². The summed E-state index contributed by atoms with van der Waals surface area (Å²) in [7, 11) is 1.60. The van der Waals surface area contributed by atoms with Crippen molar-refractivity contribution >= 4 is 5.91 Å². The highest BCUT2D eigenvalue weighted by molar-refractivity contribution is 5.94. The molecular weight excluding hydrogens is 304 g/mol. The van der Waals surface area contributed by atoms with Gasteiger partial charge in [0.25, 0.3) is 5.91 Å². The van der Waals surface area contributed by atoms with E-state index < -0.39 is 0 Å². The number of hydrogen-bond acceptors (Lipinski definition) is 4. The monoisotopic (exact) mass is 334 g/mol. The molecule has 1 heterocycles. The first-order chi connectivity index (χ1) is 11.6. The van der Waals surface area contributed by atoms with Gasteiger partial charge in [0, 0.05) is 12.1 Å². The van der Waals surface area contributed by atoms with Gasteiger partial charge in [-0.3, -0.25) is 4.79 Å². The molecule has 0 unspecified atom stereocenters. The van der Waals surface area contributed by atoms with E-state index in [9.17, 15) is 4.79 Å². The molecule has 0 aliphatic carbocycles. The minimum atomic E-state index is -0.0619. The van der Waals surface area contributed by atoms with E-state index in [4.69, 9.17) is 9.47 Å². The predicted octanol–water partition coefficient (Wildman–Crippen LogP) is 2.99. The van der Waals surface area contributed by atoms with Crippen LogP contribution < -0.4 is 20.1 Å². The minimum absolute atomic E-state index is 0.0619. The first-order valence-electron chi connectivity index (χ1n) is 8.88. The lowest BCUT2D eigenvalue weighted by atomic mass is 9.81. The molecular formula is C19H30N2O3. The Balaban J connectivity index is 1.96. The van der Waals surface area contributed by atoms with E-state index in [1.165, 1.54) is 0 Å². The van der Waals surface area contributed by atoms with E-state index >= 15 is 0 Å². The van der Waals surface area contributed by atoms with Gasteiger partial charge < -0.3 is 20.1 Å². The summed E-state index contributed by atoms with van der Waals surface area (Å²) in [5, 5.41) is 6.43. The number of ether oxygens (including phenoxy) is 2. The molecule has 2 N–H and O–H groups in total. The van der Waals surface area contributed by atoms with Gasteiger partial charge in [0.05, 0.1) is 13.7 Å². The quantitative estimate of drug-likeness (QED) is 0.718. The van der Waals surface area contributed by atoms with Crippen LogP contribution in [0.15, 0.2) is 18.2 Å². The molecule has 1 aliphatic rings. The van der Waals surface area contributed by atoms with Crippen molar-refractivity contribution in [1.82, 2.24) is 10.6 Å². The van der Waals surface area contributed by atoms with Gasteiger partial charge in [0.1, 0.15) is 0 Å². The first kappa shape index (κ1) is 18.6. The van der Waals surface area contributed by atoms with Crippen LogP contribution in [0.1, 0.15) is 49.9 Å². The number of carbonyl (C=O) groups excluding carboxylic acids is 1. The molecule has 0 atom stereocenters. The molecule has 1 saturated heterocycles. The number of amides is 1. The standard InChI is InChI=1S/C19H30N2O3/c1-4-5-12-24-16-7-6-15(13-17(16)23-3)18(22)21-14-19(2)8-10-20-11-9-19/h6-7,13,20H,4-5,8-12,14H2,1-3H3,(H,21,22). The molecule has 1 aromatic rings. The molecule has 0 saturated carbocycles. The Morgan fingerprint density at radius 1 is 1.29 bits per heavy atom. The fraction of sp³-hybridized carbons (Fsp3) is 0.632. The van der Waals surface area contributed by atoms with Gasteiger partial charge in [0.2, 0.25) is 0 Å². The summed E-state index contributed by atoms with van der Waals surface area (Å²) >= 11 is 0. The average Bonchev–Trinajstić information content (AvgIpc) is 2.61. The van der Waals surface area contributed by atoms with Crippen LogP contribution in [0.4, 0.5) is 0 Å². The second-order valence-electron chi connectivity index (χ2n) is 6.81. The summed E-state index contributed by atoms with van der Waals surface area (Å²) in [5.74, 6) is 1.23. The number of piperidine rings is 1. The second-order valence-corrected chi connectivity index (χ2v) is 6.81. The summed E-state index contributed by atoms with van der Waals surface area (Å²) in [5.41, 5.74) is 0.779. The molecule has 1 aromatic carbocycles. The van der Waals surface area contributed by atoms with E-state index in [2.05, 4.69) is 24.5 Å². The summed E-state index contributed by atoms with van der Waals surface area (Å²) in [6.45, 7) is 7.75. The number of rotatable bonds is 8. The Hall–Kier alpha value is -1.75. The van der Waals surface area contributed by atoms with Gasteiger partial charge in [-0.1, -0.05) is 20.3 Å². The zero-order valence-electron chi connectivity index (χ0n) is 15.1. The van der Waals surface area contributed by atoms with Crippen molar-refractivity contribution in [2.24, 2.45) is 5.41 Å². The van der Waals surface area contributed by atoms with Crippen LogP contribution in [0.5, 0.6) is 11.5 Å². The summed E-state index contributed by atoms with van der Waals surface area (Å²) in [6.07, 6.45) is 4.25. The zero-order chi connectivity index (χ0) is 17.4. The zero-order valence-corrected chi connectivity index (χ0v) is 15.1. The first-order valence-corrected chi connectivity index (χ1v) is 8.88. The van der Waals surface area contributed by atoms with Gasteiger partial charge in [0.15, 0.2) is 11.5 Å². The molecule has 24 heavy (non-hydrogen) atoms. The van der Waals surface area contributed by atoms with Crippen LogP contribution in [0.3, 0.4) is 0 Å². The number of nitrogens with one attached hydrogen (secondary N) is 2. The van der Waals surface area contributed by atoms with E-state index in [0.717, 1.165) is 38.8 Å². The third kappa shape index (κ3) is 5.13. The van der Waals surface area contributed by atoms with Crippen LogP contribution in [0.2, 0.25) is 0 Å². The molecule has 1 aliphatic heterocycles. The number of carbonyl (C=O) groups is 1. The van der Waals surface area contributed by atoms with Crippen molar-refractivity contribution < 1.29 is 14.3 Å². The van der Waals surface area contributed by atoms with E-state index in [1.807, 2.05) is 6.07 Å². The fourth-order valence-electron chi connectivity index (χ4n) is 2.86. The molecule has 5 nitrogen and oxygen atoms in total. The predicted molar refractivity (Wildman–Crippen MR) is 95.9 cm³/mol. The van der Waals surface area contributed by atoms with Crippen molar-refractivity contribution in [2.75, 3.05) is 33.4 Å². The molecule has 1 fully saturated rings. The number of benzene rings is 1. The van der Waals surface area contributed by atoms with Crippen molar-refractivity contribution in [2.45, 2.75) is 39.5 Å². The molecule has 5 heteroatoms. The lowest BCUT2D eigenvalue weighted by molar-refractivity contribution is 0.0922. The Morgan fingerprint density at radius 2 is 2.04 bits per heavy atom. The Kier molecular flexibility index (Phi) is 6.91. The van der Waals surface area contributed by atoms with E-state index in [-0.39, 0.29) is 11.3 Å². The molecule has 0 bridgehead atoms. The third-order valence-electron chi connectivity index (χ3n) is 4.67. The number of unbranched alkanes of at least 4 members (excludes halogenated alkanes) is 1. The Labute approximate surface area is 145 Å². The summed E-state index contributed by atoms with van der Waals surface area (Å²) in [4.78, 5) is 12.4. The number of hydrogen-bond donors (Lipinski definition) is 2. The molecule has 1 amide bonds. The second kappa shape index (κ2) is 8.92. The molecule has 2 rings (SSSR count). The fourth-order valence-corrected chi connectivity index (χ4v) is 2.86. The normalized spacial score (nSPS) is 16.5. The van der Waals surface area contributed by atoms with Crippen LogP contribution in [0.25, 0.3) is 0 Å².